The third-order valence-electron chi connectivity index (χ3n) is 1.74. The van der Waals surface area contributed by atoms with Gasteiger partial charge in [0.1, 0.15) is 0 Å². The van der Waals surface area contributed by atoms with Crippen molar-refractivity contribution in [1.29, 1.82) is 5.41 Å². The molecule has 0 aromatic carbocycles. The summed E-state index contributed by atoms with van der Waals surface area (Å²) in [5.74, 6) is -0.112. The van der Waals surface area contributed by atoms with Crippen molar-refractivity contribution in [3.8, 4) is 0 Å². The van der Waals surface area contributed by atoms with Crippen molar-refractivity contribution in [1.82, 2.24) is 5.32 Å². The quantitative estimate of drug-likeness (QED) is 0.401. The lowest BCUT2D eigenvalue weighted by molar-refractivity contribution is -0.123. The molecule has 0 fully saturated rings. The van der Waals surface area contributed by atoms with Crippen LogP contribution in [0.4, 0.5) is 0 Å². The summed E-state index contributed by atoms with van der Waals surface area (Å²) in [4.78, 5) is 11.2. The first-order valence-electron chi connectivity index (χ1n) is 4.25. The Bertz CT molecular complexity index is 141. The Kier molecular flexibility index (Phi) is 6.28. The standard InChI is InChI=1S/C8H17N3O/c1-2-3-7(4-5-9)8(12)11-6-10/h6-7H,2-5,9H2,1H3,(H2,10,11,12). The minimum absolute atomic E-state index is 0.0263. The van der Waals surface area contributed by atoms with Crippen molar-refractivity contribution in [3.63, 3.8) is 0 Å². The van der Waals surface area contributed by atoms with Crippen molar-refractivity contribution in [2.45, 2.75) is 26.2 Å². The molecule has 0 heterocycles. The number of hydrogen-bond acceptors (Lipinski definition) is 3. The van der Waals surface area contributed by atoms with Gasteiger partial charge >= 0.3 is 0 Å². The van der Waals surface area contributed by atoms with E-state index >= 15 is 0 Å². The summed E-state index contributed by atoms with van der Waals surface area (Å²) < 4.78 is 0. The number of hydrogen-bond donors (Lipinski definition) is 3. The van der Waals surface area contributed by atoms with Crippen LogP contribution in [0.2, 0.25) is 0 Å². The van der Waals surface area contributed by atoms with Crippen LogP contribution in [0, 0.1) is 11.3 Å². The topological polar surface area (TPSA) is 79.0 Å². The van der Waals surface area contributed by atoms with Gasteiger partial charge in [0.25, 0.3) is 0 Å². The summed E-state index contributed by atoms with van der Waals surface area (Å²) in [5, 5.41) is 9.06. The van der Waals surface area contributed by atoms with Gasteiger partial charge in [-0.1, -0.05) is 13.3 Å². The van der Waals surface area contributed by atoms with Crippen LogP contribution in [-0.2, 0) is 4.79 Å². The van der Waals surface area contributed by atoms with E-state index in [1.54, 1.807) is 0 Å². The number of carbonyl (C=O) groups excluding carboxylic acids is 1. The molecular formula is C8H17N3O. The van der Waals surface area contributed by atoms with E-state index in [9.17, 15) is 4.79 Å². The predicted octanol–water partition coefficient (Wildman–Crippen LogP) is 0.475. The minimum atomic E-state index is -0.0858. The van der Waals surface area contributed by atoms with Gasteiger partial charge in [-0.15, -0.1) is 0 Å². The van der Waals surface area contributed by atoms with Gasteiger partial charge in [-0.2, -0.15) is 0 Å². The van der Waals surface area contributed by atoms with Crippen LogP contribution >= 0.6 is 0 Å². The Balaban J connectivity index is 3.89. The van der Waals surface area contributed by atoms with Crippen LogP contribution < -0.4 is 11.1 Å². The zero-order valence-corrected chi connectivity index (χ0v) is 7.47. The molecule has 1 amide bonds. The van der Waals surface area contributed by atoms with E-state index < -0.39 is 0 Å². The molecule has 1 unspecified atom stereocenters. The lowest BCUT2D eigenvalue weighted by atomic mass is 9.99. The second-order valence-corrected chi connectivity index (χ2v) is 2.72. The third-order valence-corrected chi connectivity index (χ3v) is 1.74. The summed E-state index contributed by atoms with van der Waals surface area (Å²) in [6.45, 7) is 2.55. The Labute approximate surface area is 73.0 Å². The molecule has 4 nitrogen and oxygen atoms in total. The maximum Gasteiger partial charge on any atom is 0.228 e. The zero-order chi connectivity index (χ0) is 9.40. The highest BCUT2D eigenvalue weighted by molar-refractivity contribution is 5.88. The lowest BCUT2D eigenvalue weighted by Gasteiger charge is -2.12. The predicted molar refractivity (Wildman–Crippen MR) is 49.0 cm³/mol. The molecule has 4 heteroatoms. The van der Waals surface area contributed by atoms with Crippen LogP contribution in [0.5, 0.6) is 0 Å². The van der Waals surface area contributed by atoms with Gasteiger partial charge in [-0.25, -0.2) is 0 Å². The molecule has 0 rings (SSSR count). The average molecular weight is 171 g/mol. The Hall–Kier alpha value is -0.900. The molecule has 12 heavy (non-hydrogen) atoms. The molecule has 0 saturated heterocycles. The fourth-order valence-corrected chi connectivity index (χ4v) is 1.15. The Morgan fingerprint density at radius 3 is 2.75 bits per heavy atom. The van der Waals surface area contributed by atoms with Crippen molar-refractivity contribution in [2.24, 2.45) is 11.7 Å². The number of nitrogens with one attached hydrogen (secondary N) is 2. The highest BCUT2D eigenvalue weighted by Crippen LogP contribution is 2.09. The fourth-order valence-electron chi connectivity index (χ4n) is 1.15. The van der Waals surface area contributed by atoms with Crippen LogP contribution in [0.3, 0.4) is 0 Å². The van der Waals surface area contributed by atoms with Crippen molar-refractivity contribution < 1.29 is 4.79 Å². The van der Waals surface area contributed by atoms with Gasteiger partial charge in [0, 0.05) is 5.92 Å². The van der Waals surface area contributed by atoms with Crippen LogP contribution in [0.15, 0.2) is 0 Å². The summed E-state index contributed by atoms with van der Waals surface area (Å²) >= 11 is 0. The number of rotatable bonds is 6. The fraction of sp³-hybridized carbons (Fsp3) is 0.750. The number of carbonyl (C=O) groups is 1. The molecule has 0 aliphatic rings. The Morgan fingerprint density at radius 2 is 2.33 bits per heavy atom. The van der Waals surface area contributed by atoms with E-state index in [2.05, 4.69) is 5.32 Å². The highest BCUT2D eigenvalue weighted by atomic mass is 16.1. The molecule has 0 aliphatic heterocycles. The van der Waals surface area contributed by atoms with E-state index in [0.29, 0.717) is 13.0 Å². The van der Waals surface area contributed by atoms with Crippen molar-refractivity contribution >= 4 is 12.2 Å². The summed E-state index contributed by atoms with van der Waals surface area (Å²) in [6.07, 6.45) is 3.43. The van der Waals surface area contributed by atoms with Crippen LogP contribution in [-0.4, -0.2) is 18.8 Å². The Morgan fingerprint density at radius 1 is 1.67 bits per heavy atom. The molecule has 0 spiro atoms. The molecule has 70 valence electrons. The molecule has 0 aromatic heterocycles. The van der Waals surface area contributed by atoms with E-state index in [4.69, 9.17) is 11.1 Å². The van der Waals surface area contributed by atoms with E-state index in [-0.39, 0.29) is 11.8 Å². The summed E-state index contributed by atoms with van der Waals surface area (Å²) in [6, 6.07) is 0. The lowest BCUT2D eigenvalue weighted by Crippen LogP contribution is -2.30. The summed E-state index contributed by atoms with van der Waals surface area (Å²) in [7, 11) is 0. The first-order chi connectivity index (χ1) is 5.76. The minimum Gasteiger partial charge on any atom is -0.330 e. The third kappa shape index (κ3) is 4.08. The SMILES string of the molecule is CCCC(CCN)C(=O)NC=N. The normalized spacial score (nSPS) is 12.2. The smallest absolute Gasteiger partial charge is 0.228 e. The van der Waals surface area contributed by atoms with Gasteiger partial charge in [-0.05, 0) is 19.4 Å². The van der Waals surface area contributed by atoms with Crippen molar-refractivity contribution in [2.75, 3.05) is 6.54 Å². The molecule has 4 N–H and O–H groups in total. The van der Waals surface area contributed by atoms with Gasteiger partial charge < -0.3 is 11.1 Å². The van der Waals surface area contributed by atoms with Crippen LogP contribution in [0.1, 0.15) is 26.2 Å². The largest absolute Gasteiger partial charge is 0.330 e. The van der Waals surface area contributed by atoms with E-state index in [1.165, 1.54) is 0 Å². The molecule has 0 bridgehead atoms. The zero-order valence-electron chi connectivity index (χ0n) is 7.47. The molecule has 0 aliphatic carbocycles. The van der Waals surface area contributed by atoms with Gasteiger partial charge in [0.2, 0.25) is 5.91 Å². The first kappa shape index (κ1) is 11.1. The second-order valence-electron chi connectivity index (χ2n) is 2.72. The monoisotopic (exact) mass is 171 g/mol. The second kappa shape index (κ2) is 6.79. The number of amides is 1. The summed E-state index contributed by atoms with van der Waals surface area (Å²) in [5.41, 5.74) is 5.36. The van der Waals surface area contributed by atoms with Crippen molar-refractivity contribution in [3.05, 3.63) is 0 Å². The van der Waals surface area contributed by atoms with Crippen LogP contribution in [0.25, 0.3) is 0 Å². The number of nitrogens with two attached hydrogens (primary N) is 1. The maximum atomic E-state index is 11.2. The first-order valence-corrected chi connectivity index (χ1v) is 4.25. The van der Waals surface area contributed by atoms with E-state index in [1.807, 2.05) is 6.92 Å². The highest BCUT2D eigenvalue weighted by Gasteiger charge is 2.14. The maximum absolute atomic E-state index is 11.2. The molecular weight excluding hydrogens is 154 g/mol. The van der Waals surface area contributed by atoms with Gasteiger partial charge in [0.15, 0.2) is 0 Å². The molecule has 0 saturated carbocycles. The average Bonchev–Trinajstić information content (AvgIpc) is 2.04. The van der Waals surface area contributed by atoms with E-state index in [0.717, 1.165) is 19.2 Å². The molecule has 0 radical (unpaired) electrons. The molecule has 0 aromatic rings. The molecule has 1 atom stereocenters. The van der Waals surface area contributed by atoms with Gasteiger partial charge in [-0.3, -0.25) is 10.2 Å². The van der Waals surface area contributed by atoms with Gasteiger partial charge in [0.05, 0.1) is 6.34 Å².